The first-order valence-corrected chi connectivity index (χ1v) is 11.3. The van der Waals surface area contributed by atoms with Gasteiger partial charge in [-0.05, 0) is 42.3 Å². The molecule has 35 heavy (non-hydrogen) atoms. The van der Waals surface area contributed by atoms with Gasteiger partial charge in [0.15, 0.2) is 5.58 Å². The number of H-pyrrole nitrogens is 1. The Morgan fingerprint density at radius 3 is 2.97 bits per heavy atom. The number of piperazine rings is 1. The molecule has 5 N–H and O–H groups in total. The van der Waals surface area contributed by atoms with E-state index in [0.29, 0.717) is 47.7 Å². The number of benzene rings is 2. The molecule has 2 aliphatic rings. The first kappa shape index (κ1) is 23.0. The fourth-order valence-electron chi connectivity index (χ4n) is 4.71. The van der Waals surface area contributed by atoms with Crippen LogP contribution < -0.4 is 16.5 Å². The van der Waals surface area contributed by atoms with Crippen LogP contribution in [-0.4, -0.2) is 65.2 Å². The van der Waals surface area contributed by atoms with E-state index < -0.39 is 5.76 Å². The summed E-state index contributed by atoms with van der Waals surface area (Å²) in [6.45, 7) is 3.87. The Morgan fingerprint density at radius 2 is 2.17 bits per heavy atom. The Bertz CT molecular complexity index is 1380. The molecular weight excluding hydrogens is 452 g/mol. The van der Waals surface area contributed by atoms with Crippen LogP contribution in [0, 0.1) is 12.3 Å². The summed E-state index contributed by atoms with van der Waals surface area (Å²) in [7, 11) is 0. The molecule has 0 unspecified atom stereocenters. The quantitative estimate of drug-likeness (QED) is 0.194. The fraction of sp³-hybridized carbons (Fsp3) is 0.333. The molecule has 3 aromatic rings. The number of aliphatic hydroxyl groups is 1. The maximum Gasteiger partial charge on any atom is 0.417 e. The van der Waals surface area contributed by atoms with E-state index in [1.165, 1.54) is 6.21 Å². The van der Waals surface area contributed by atoms with Crippen molar-refractivity contribution < 1.29 is 19.1 Å². The second-order valence-corrected chi connectivity index (χ2v) is 8.76. The lowest BCUT2D eigenvalue weighted by atomic mass is 9.92. The number of cyclic esters (lactones) is 1. The number of esters is 1. The molecule has 0 aliphatic carbocycles. The first-order chi connectivity index (χ1) is 16.9. The number of aliphatic hydroxyl groups excluding tert-OH is 1. The Kier molecular flexibility index (Phi) is 6.20. The molecule has 3 heterocycles. The molecule has 1 fully saturated rings. The molecular formula is C24H26N6O5. The molecule has 2 atom stereocenters. The Morgan fingerprint density at radius 1 is 1.31 bits per heavy atom. The highest BCUT2D eigenvalue weighted by molar-refractivity contribution is 6.30. The van der Waals surface area contributed by atoms with Gasteiger partial charge in [-0.15, -0.1) is 0 Å². The summed E-state index contributed by atoms with van der Waals surface area (Å²) in [6, 6.07) is 8.64. The van der Waals surface area contributed by atoms with Crippen LogP contribution in [0.15, 0.2) is 44.6 Å². The number of fused-ring (bicyclic) bond motifs is 2. The molecule has 182 valence electrons. The summed E-state index contributed by atoms with van der Waals surface area (Å²) in [5.41, 5.74) is 8.68. The van der Waals surface area contributed by atoms with Gasteiger partial charge in [-0.25, -0.2) is 9.59 Å². The summed E-state index contributed by atoms with van der Waals surface area (Å²) in [5.74, 6) is -0.816. The third-order valence-electron chi connectivity index (χ3n) is 6.46. The number of hydrogen-bond acceptors (Lipinski definition) is 10. The van der Waals surface area contributed by atoms with E-state index in [9.17, 15) is 14.7 Å². The molecule has 0 bridgehead atoms. The molecule has 2 aromatic carbocycles. The number of aromatic amines is 1. The van der Waals surface area contributed by atoms with Crippen LogP contribution >= 0.6 is 0 Å². The molecule has 0 saturated carbocycles. The van der Waals surface area contributed by atoms with Crippen molar-refractivity contribution in [1.29, 1.82) is 5.41 Å². The van der Waals surface area contributed by atoms with Crippen molar-refractivity contribution in [3.63, 3.8) is 0 Å². The van der Waals surface area contributed by atoms with Crippen LogP contribution in [-0.2, 0) is 11.3 Å². The predicted molar refractivity (Wildman–Crippen MR) is 130 cm³/mol. The lowest BCUT2D eigenvalue weighted by molar-refractivity contribution is 0.0535. The zero-order valence-electron chi connectivity index (χ0n) is 19.1. The average Bonchev–Trinajstić information content (AvgIpc) is 3.43. The van der Waals surface area contributed by atoms with Crippen LogP contribution in [0.1, 0.15) is 33.1 Å². The summed E-state index contributed by atoms with van der Waals surface area (Å²) < 4.78 is 10.2. The summed E-state index contributed by atoms with van der Waals surface area (Å²) in [5, 5.41) is 25.6. The van der Waals surface area contributed by atoms with Crippen molar-refractivity contribution in [3.05, 3.63) is 63.1 Å². The van der Waals surface area contributed by atoms with Gasteiger partial charge in [-0.2, -0.15) is 5.10 Å². The van der Waals surface area contributed by atoms with Crippen molar-refractivity contribution >= 4 is 34.7 Å². The Hall–Kier alpha value is -3.80. The minimum atomic E-state index is -0.523. The molecule has 1 saturated heterocycles. The van der Waals surface area contributed by atoms with E-state index in [4.69, 9.17) is 14.6 Å². The molecule has 2 aliphatic heterocycles. The summed E-state index contributed by atoms with van der Waals surface area (Å²) in [6.07, 6.45) is 1.19. The second-order valence-electron chi connectivity index (χ2n) is 8.76. The minimum absolute atomic E-state index is 0.0309. The number of hydrogen-bond donors (Lipinski definition) is 5. The van der Waals surface area contributed by atoms with Gasteiger partial charge in [0.25, 0.3) is 0 Å². The third kappa shape index (κ3) is 4.61. The number of oxazole rings is 1. The van der Waals surface area contributed by atoms with Crippen molar-refractivity contribution in [2.45, 2.75) is 25.6 Å². The fourth-order valence-corrected chi connectivity index (χ4v) is 4.71. The molecule has 5 rings (SSSR count). The highest BCUT2D eigenvalue weighted by Gasteiger charge is 2.31. The van der Waals surface area contributed by atoms with Crippen molar-refractivity contribution in [1.82, 2.24) is 15.2 Å². The number of nitrogens with one attached hydrogen (secondary N) is 4. The molecule has 0 radical (unpaired) electrons. The SMILES string of the molecule is Cc1c([C@@H]2CN(C/C(C=N)=N/Nc3ccc4oc(=O)[nH]c4c3)C[C@H](CO)N2)ccc2c1COC2=O. The van der Waals surface area contributed by atoms with Crippen molar-refractivity contribution in [3.8, 4) is 0 Å². The van der Waals surface area contributed by atoms with E-state index in [2.05, 4.69) is 25.7 Å². The van der Waals surface area contributed by atoms with Crippen LogP contribution in [0.2, 0.25) is 0 Å². The van der Waals surface area contributed by atoms with Crippen LogP contribution in [0.3, 0.4) is 0 Å². The maximum absolute atomic E-state index is 11.9. The van der Waals surface area contributed by atoms with Gasteiger partial charge >= 0.3 is 11.7 Å². The van der Waals surface area contributed by atoms with Crippen LogP contribution in [0.4, 0.5) is 5.69 Å². The number of rotatable bonds is 7. The summed E-state index contributed by atoms with van der Waals surface area (Å²) in [4.78, 5) is 28.0. The Balaban J connectivity index is 1.32. The van der Waals surface area contributed by atoms with E-state index in [0.717, 1.165) is 16.7 Å². The smallest absolute Gasteiger partial charge is 0.417 e. The molecule has 0 amide bonds. The third-order valence-corrected chi connectivity index (χ3v) is 6.46. The lowest BCUT2D eigenvalue weighted by Crippen LogP contribution is -2.55. The summed E-state index contributed by atoms with van der Waals surface area (Å²) >= 11 is 0. The van der Waals surface area contributed by atoms with Gasteiger partial charge in [-0.1, -0.05) is 6.07 Å². The number of ether oxygens (including phenoxy) is 1. The van der Waals surface area contributed by atoms with E-state index >= 15 is 0 Å². The van der Waals surface area contributed by atoms with Gasteiger partial charge in [0.1, 0.15) is 6.61 Å². The van der Waals surface area contributed by atoms with Crippen LogP contribution in [0.25, 0.3) is 11.1 Å². The zero-order valence-corrected chi connectivity index (χ0v) is 19.1. The predicted octanol–water partition coefficient (Wildman–Crippen LogP) is 1.52. The normalized spacial score (nSPS) is 20.6. The second kappa shape index (κ2) is 9.45. The standard InChI is InChI=1S/C24H26N6O5/c1-13-17(3-4-18-19(13)12-34-23(18)32)21-10-30(9-16(11-31)26-21)8-15(7-25)29-28-14-2-5-22-20(6-14)27-24(33)35-22/h2-7,16,21,25-26,28,31H,8-12H2,1H3,(H,27,33)/b25-7?,29-15+/t16-,21+/m1/s1. The number of aromatic nitrogens is 1. The minimum Gasteiger partial charge on any atom is -0.457 e. The van der Waals surface area contributed by atoms with Crippen molar-refractivity contribution in [2.24, 2.45) is 5.10 Å². The Labute approximate surface area is 200 Å². The van der Waals surface area contributed by atoms with E-state index in [1.807, 2.05) is 13.0 Å². The maximum atomic E-state index is 11.9. The number of nitrogens with zero attached hydrogens (tertiary/aromatic N) is 2. The molecule has 11 nitrogen and oxygen atoms in total. The van der Waals surface area contributed by atoms with Crippen LogP contribution in [0.5, 0.6) is 0 Å². The average molecular weight is 479 g/mol. The van der Waals surface area contributed by atoms with E-state index in [-0.39, 0.29) is 31.3 Å². The number of hydrazone groups is 1. The number of carbonyl (C=O) groups excluding carboxylic acids is 1. The van der Waals surface area contributed by atoms with E-state index in [1.54, 1.807) is 24.3 Å². The molecule has 0 spiro atoms. The van der Waals surface area contributed by atoms with Gasteiger partial charge in [0.05, 0.1) is 29.1 Å². The molecule has 1 aromatic heterocycles. The first-order valence-electron chi connectivity index (χ1n) is 11.3. The van der Waals surface area contributed by atoms with Gasteiger partial charge in [0.2, 0.25) is 0 Å². The highest BCUT2D eigenvalue weighted by Crippen LogP contribution is 2.30. The number of carbonyl (C=O) groups is 1. The van der Waals surface area contributed by atoms with Gasteiger partial charge in [0, 0.05) is 43.5 Å². The van der Waals surface area contributed by atoms with Gasteiger partial charge < -0.3 is 25.0 Å². The molecule has 11 heteroatoms. The lowest BCUT2D eigenvalue weighted by Gasteiger charge is -2.39. The topological polar surface area (TPSA) is 156 Å². The number of anilines is 1. The van der Waals surface area contributed by atoms with Crippen molar-refractivity contribution in [2.75, 3.05) is 31.7 Å². The monoisotopic (exact) mass is 478 g/mol. The zero-order chi connectivity index (χ0) is 24.5. The largest absolute Gasteiger partial charge is 0.457 e. The highest BCUT2D eigenvalue weighted by atomic mass is 16.5. The van der Waals surface area contributed by atoms with Gasteiger partial charge in [-0.3, -0.25) is 15.3 Å².